The lowest BCUT2D eigenvalue weighted by molar-refractivity contribution is -0.148. The molecule has 118 valence electrons. The van der Waals surface area contributed by atoms with Crippen molar-refractivity contribution in [3.05, 3.63) is 0 Å². The van der Waals surface area contributed by atoms with Gasteiger partial charge in [-0.15, -0.1) is 0 Å². The van der Waals surface area contributed by atoms with Gasteiger partial charge in [0.15, 0.2) is 6.04 Å². The topological polar surface area (TPSA) is 64.6 Å². The van der Waals surface area contributed by atoms with Gasteiger partial charge in [0.05, 0.1) is 0 Å². The lowest BCUT2D eigenvalue weighted by atomic mass is 10.3. The quantitative estimate of drug-likeness (QED) is 0.597. The number of hydrogen-bond donors (Lipinski definition) is 1. The summed E-state index contributed by atoms with van der Waals surface area (Å²) in [6.07, 6.45) is 0. The average molecular weight is 336 g/mol. The number of carbonyl (C=O) groups excluding carboxylic acids is 2. The molecule has 0 rings (SSSR count). The molecule has 0 unspecified atom stereocenters. The van der Waals surface area contributed by atoms with Crippen LogP contribution >= 0.6 is 0 Å². The summed E-state index contributed by atoms with van der Waals surface area (Å²) >= 11 is 0. The molecule has 0 atom stereocenters. The fraction of sp³-hybridized carbons (Fsp3) is 0.833. The third-order valence-corrected chi connectivity index (χ3v) is 4.64. The largest absolute Gasteiger partial charge is 0.518 e. The van der Waals surface area contributed by atoms with Crippen LogP contribution in [0.5, 0.6) is 0 Å². The van der Waals surface area contributed by atoms with Gasteiger partial charge < -0.3 is 13.8 Å². The van der Waals surface area contributed by atoms with Gasteiger partial charge in [-0.25, -0.2) is 0 Å². The predicted octanol–water partition coefficient (Wildman–Crippen LogP) is 2.54. The Kier molecular flexibility index (Phi) is 6.40. The molecule has 0 spiro atoms. The van der Waals surface area contributed by atoms with Crippen molar-refractivity contribution in [2.24, 2.45) is 0 Å². The van der Waals surface area contributed by atoms with E-state index in [1.165, 1.54) is 0 Å². The average Bonchev–Trinajstić information content (AvgIpc) is 2.06. The summed E-state index contributed by atoms with van der Waals surface area (Å²) in [6.45, 7) is 17.6. The molecule has 5 nitrogen and oxygen atoms in total. The van der Waals surface area contributed by atoms with Gasteiger partial charge in [0.25, 0.3) is 0 Å². The van der Waals surface area contributed by atoms with Gasteiger partial charge in [-0.1, -0.05) is 19.6 Å². The van der Waals surface area contributed by atoms with Crippen LogP contribution in [-0.4, -0.2) is 42.9 Å². The van der Waals surface area contributed by atoms with E-state index in [0.29, 0.717) is 0 Å². The molecule has 8 heteroatoms. The summed E-state index contributed by atoms with van der Waals surface area (Å²) in [5.41, 5.74) is 0. The number of nitrogens with one attached hydrogen (secondary N) is 1. The van der Waals surface area contributed by atoms with Gasteiger partial charge in [0.1, 0.15) is 8.24 Å². The van der Waals surface area contributed by atoms with E-state index < -0.39 is 42.9 Å². The second-order valence-corrected chi connectivity index (χ2v) is 21.5. The summed E-state index contributed by atoms with van der Waals surface area (Å²) in [6, 6.07) is -1.000. The van der Waals surface area contributed by atoms with E-state index in [4.69, 9.17) is 8.85 Å². The minimum Gasteiger partial charge on any atom is -0.518 e. The van der Waals surface area contributed by atoms with E-state index in [1.54, 1.807) is 0 Å². The number of carbonyl (C=O) groups is 2. The van der Waals surface area contributed by atoms with Crippen LogP contribution in [-0.2, 0) is 18.4 Å². The first-order valence-electron chi connectivity index (χ1n) is 6.84. The second-order valence-electron chi connectivity index (χ2n) is 7.89. The molecule has 0 fully saturated rings. The normalized spacial score (nSPS) is 13.3. The van der Waals surface area contributed by atoms with Crippen molar-refractivity contribution in [2.45, 2.75) is 65.0 Å². The minimum atomic E-state index is -2.03. The molecule has 0 saturated heterocycles. The Bertz CT molecular complexity index is 338. The molecule has 0 saturated carbocycles. The van der Waals surface area contributed by atoms with Gasteiger partial charge in [0, 0.05) is 0 Å². The third kappa shape index (κ3) is 9.45. The monoisotopic (exact) mass is 335 g/mol. The molecule has 0 amide bonds. The zero-order valence-corrected chi connectivity index (χ0v) is 17.2. The highest BCUT2D eigenvalue weighted by atomic mass is 28.4. The van der Waals surface area contributed by atoms with Crippen LogP contribution in [0.25, 0.3) is 0 Å². The molecule has 0 aliphatic carbocycles. The van der Waals surface area contributed by atoms with Gasteiger partial charge in [0.2, 0.25) is 16.6 Å². The van der Waals surface area contributed by atoms with Crippen molar-refractivity contribution >= 4 is 36.8 Å². The van der Waals surface area contributed by atoms with Crippen molar-refractivity contribution in [3.63, 3.8) is 0 Å². The van der Waals surface area contributed by atoms with Crippen LogP contribution in [0.15, 0.2) is 0 Å². The Labute approximate surface area is 125 Å². The maximum absolute atomic E-state index is 12.3. The molecular weight excluding hydrogens is 306 g/mol. The Morgan fingerprint density at radius 2 is 1.05 bits per heavy atom. The zero-order valence-electron chi connectivity index (χ0n) is 14.2. The Hall–Kier alpha value is -0.449. The fourth-order valence-electron chi connectivity index (χ4n) is 1.37. The Morgan fingerprint density at radius 3 is 1.25 bits per heavy atom. The summed E-state index contributed by atoms with van der Waals surface area (Å²) in [5, 5.41) is 0. The smallest absolute Gasteiger partial charge is 0.320 e. The molecule has 0 aromatic carbocycles. The lowest BCUT2D eigenvalue weighted by Gasteiger charge is -2.29. The predicted molar refractivity (Wildman–Crippen MR) is 89.1 cm³/mol. The van der Waals surface area contributed by atoms with Crippen LogP contribution < -0.4 is 4.98 Å². The standard InChI is InChI=1S/C12H29NO4Si3/c1-18(2,3)13-10(11(14)16-19(4,5)6)12(15)17-20(7,8)9/h10,13H,1-9H3. The molecule has 0 bridgehead atoms. The first-order valence-corrected chi connectivity index (χ1v) is 17.2. The van der Waals surface area contributed by atoms with Crippen LogP contribution in [0.3, 0.4) is 0 Å². The van der Waals surface area contributed by atoms with Crippen LogP contribution in [0.1, 0.15) is 0 Å². The highest BCUT2D eigenvalue weighted by molar-refractivity contribution is 6.75. The van der Waals surface area contributed by atoms with Crippen LogP contribution in [0.4, 0.5) is 0 Å². The zero-order chi connectivity index (χ0) is 16.4. The molecule has 20 heavy (non-hydrogen) atoms. The van der Waals surface area contributed by atoms with Gasteiger partial charge in [-0.3, -0.25) is 9.59 Å². The maximum atomic E-state index is 12.3. The molecule has 0 aromatic rings. The molecule has 0 radical (unpaired) electrons. The highest BCUT2D eigenvalue weighted by Crippen LogP contribution is 2.11. The Balaban J connectivity index is 5.09. The Morgan fingerprint density at radius 1 is 0.750 bits per heavy atom. The van der Waals surface area contributed by atoms with Crippen molar-refractivity contribution in [1.29, 1.82) is 0 Å². The molecule has 0 aromatic heterocycles. The van der Waals surface area contributed by atoms with E-state index in [0.717, 1.165) is 0 Å². The van der Waals surface area contributed by atoms with E-state index in [9.17, 15) is 9.59 Å². The fourth-order valence-corrected chi connectivity index (χ4v) is 3.91. The molecule has 0 heterocycles. The number of hydrogen-bond acceptors (Lipinski definition) is 5. The van der Waals surface area contributed by atoms with Crippen molar-refractivity contribution in [2.75, 3.05) is 0 Å². The summed E-state index contributed by atoms with van der Waals surface area (Å²) in [7, 11) is -5.88. The van der Waals surface area contributed by atoms with E-state index in [-0.39, 0.29) is 0 Å². The molecular formula is C12H29NO4Si3. The van der Waals surface area contributed by atoms with Gasteiger partial charge in [-0.05, 0) is 39.3 Å². The first-order chi connectivity index (χ1) is 8.61. The summed E-state index contributed by atoms with van der Waals surface area (Å²) in [5.74, 6) is -1.01. The third-order valence-electron chi connectivity index (χ3n) is 1.86. The lowest BCUT2D eigenvalue weighted by Crippen LogP contribution is -2.58. The van der Waals surface area contributed by atoms with Crippen molar-refractivity contribution in [1.82, 2.24) is 4.98 Å². The molecule has 0 aliphatic heterocycles. The number of rotatable bonds is 6. The van der Waals surface area contributed by atoms with Crippen molar-refractivity contribution in [3.8, 4) is 0 Å². The van der Waals surface area contributed by atoms with E-state index in [2.05, 4.69) is 4.98 Å². The highest BCUT2D eigenvalue weighted by Gasteiger charge is 2.37. The molecule has 1 N–H and O–H groups in total. The van der Waals surface area contributed by atoms with Gasteiger partial charge in [-0.2, -0.15) is 0 Å². The SMILES string of the molecule is C[Si](C)(C)NC(C(=O)O[Si](C)(C)C)C(=O)O[Si](C)(C)C. The van der Waals surface area contributed by atoms with Crippen LogP contribution in [0.2, 0.25) is 58.9 Å². The van der Waals surface area contributed by atoms with Crippen LogP contribution in [0, 0.1) is 0 Å². The second kappa shape index (κ2) is 6.54. The summed E-state index contributed by atoms with van der Waals surface area (Å²) in [4.78, 5) is 27.6. The first kappa shape index (κ1) is 19.6. The maximum Gasteiger partial charge on any atom is 0.320 e. The van der Waals surface area contributed by atoms with Crippen molar-refractivity contribution < 1.29 is 18.4 Å². The van der Waals surface area contributed by atoms with E-state index >= 15 is 0 Å². The summed E-state index contributed by atoms with van der Waals surface area (Å²) < 4.78 is 10.9. The van der Waals surface area contributed by atoms with E-state index in [1.807, 2.05) is 58.9 Å². The minimum absolute atomic E-state index is 0.505. The molecule has 0 aliphatic rings. The van der Waals surface area contributed by atoms with Gasteiger partial charge >= 0.3 is 11.9 Å².